The minimum Gasteiger partial charge on any atom is -0.400 e. The van der Waals surface area contributed by atoms with Crippen molar-refractivity contribution in [3.05, 3.63) is 152 Å². The third-order valence-corrected chi connectivity index (χ3v) is 21.8. The van der Waals surface area contributed by atoms with Crippen LogP contribution < -0.4 is 15.2 Å². The molecule has 9 aliphatic rings. The SMILES string of the molecule is CCCCc1cc2c3c(c1)C1(C)CCCCC1(C)N3B1C3=C4C(C)(C)c5cc6c(cc5C4(C)C4=C5C(C)(C=CC4C)c4ccccc4N(c4cc7ccccc7c-2c41)C35C)C(C)(C)CCC6(C)C. The van der Waals surface area contributed by atoms with Crippen molar-refractivity contribution >= 4 is 40.1 Å². The predicted octanol–water partition coefficient (Wildman–Crippen LogP) is 15.6. The number of fused-ring (bicyclic) bond motifs is 17. The van der Waals surface area contributed by atoms with Gasteiger partial charge in [0.1, 0.15) is 0 Å². The molecule has 0 saturated heterocycles. The molecule has 5 aromatic carbocycles. The number of rotatable bonds is 3. The molecule has 0 bridgehead atoms. The van der Waals surface area contributed by atoms with Crippen LogP contribution in [0.15, 0.2) is 113 Å². The smallest absolute Gasteiger partial charge is 0.325 e. The van der Waals surface area contributed by atoms with Gasteiger partial charge in [-0.1, -0.05) is 160 Å². The van der Waals surface area contributed by atoms with Crippen molar-refractivity contribution in [3.8, 4) is 11.1 Å². The Bertz CT molecular complexity index is 3280. The van der Waals surface area contributed by atoms with Crippen LogP contribution in [-0.2, 0) is 38.9 Å². The molecule has 4 aliphatic heterocycles. The average Bonchev–Trinajstić information content (AvgIpc) is 3.62. The second-order valence-electron chi connectivity index (χ2n) is 26.4. The number of nitrogens with zero attached hydrogens (tertiary/aromatic N) is 2. The molecule has 6 atom stereocenters. The summed E-state index contributed by atoms with van der Waals surface area (Å²) in [6.07, 6.45) is 16.3. The Hall–Kier alpha value is -4.76. The number of hydrogen-bond donors (Lipinski definition) is 0. The predicted molar refractivity (Wildman–Crippen MR) is 289 cm³/mol. The van der Waals surface area contributed by atoms with Gasteiger partial charge in [-0.25, -0.2) is 0 Å². The fraction of sp³-hybridized carbons (Fsp3) is 0.477. The van der Waals surface area contributed by atoms with Gasteiger partial charge in [0.05, 0.1) is 5.54 Å². The molecule has 5 aliphatic carbocycles. The normalized spacial score (nSPS) is 32.8. The minimum absolute atomic E-state index is 0.0291. The van der Waals surface area contributed by atoms with Crippen molar-refractivity contribution in [2.75, 3.05) is 9.71 Å². The van der Waals surface area contributed by atoms with E-state index in [9.17, 15) is 0 Å². The minimum atomic E-state index is -0.441. The number of benzene rings is 5. The maximum absolute atomic E-state index is 3.17. The number of unbranched alkanes of at least 4 members (excludes halogenated alkanes) is 1. The Morgan fingerprint density at radius 1 is 0.662 bits per heavy atom. The summed E-state index contributed by atoms with van der Waals surface area (Å²) in [4.78, 5) is 6.13. The Labute approximate surface area is 408 Å². The van der Waals surface area contributed by atoms with Crippen LogP contribution in [0.2, 0.25) is 0 Å². The second-order valence-corrected chi connectivity index (χ2v) is 26.4. The molecule has 1 fully saturated rings. The number of hydrogen-bond acceptors (Lipinski definition) is 2. The quantitative estimate of drug-likeness (QED) is 0.132. The van der Waals surface area contributed by atoms with Crippen LogP contribution in [-0.4, -0.2) is 17.9 Å². The largest absolute Gasteiger partial charge is 0.400 e. The Morgan fingerprint density at radius 2 is 1.35 bits per heavy atom. The molecule has 1 saturated carbocycles. The van der Waals surface area contributed by atoms with Gasteiger partial charge in [-0.15, -0.1) is 0 Å². The van der Waals surface area contributed by atoms with E-state index in [4.69, 9.17) is 0 Å². The van der Waals surface area contributed by atoms with Crippen LogP contribution in [0.3, 0.4) is 0 Å². The van der Waals surface area contributed by atoms with Gasteiger partial charge >= 0.3 is 6.85 Å². The van der Waals surface area contributed by atoms with Crippen molar-refractivity contribution in [3.63, 3.8) is 0 Å². The molecular formula is C65H73BN2. The highest BCUT2D eigenvalue weighted by atomic mass is 15.3. The summed E-state index contributed by atoms with van der Waals surface area (Å²) in [6.45, 7) is 34.0. The summed E-state index contributed by atoms with van der Waals surface area (Å²) in [6, 6.07) is 32.8. The van der Waals surface area contributed by atoms with Gasteiger partial charge in [0.15, 0.2) is 0 Å². The van der Waals surface area contributed by atoms with Crippen LogP contribution >= 0.6 is 0 Å². The van der Waals surface area contributed by atoms with Gasteiger partial charge < -0.3 is 9.71 Å². The molecule has 0 amide bonds. The Morgan fingerprint density at radius 3 is 2.10 bits per heavy atom. The third kappa shape index (κ3) is 4.42. The maximum atomic E-state index is 3.17. The molecule has 0 aromatic heterocycles. The Balaban J connectivity index is 1.22. The molecule has 346 valence electrons. The lowest BCUT2D eigenvalue weighted by molar-refractivity contribution is 0.199. The molecule has 14 rings (SSSR count). The first-order valence-electron chi connectivity index (χ1n) is 27.0. The lowest BCUT2D eigenvalue weighted by Gasteiger charge is -2.67. The third-order valence-electron chi connectivity index (χ3n) is 21.8. The van der Waals surface area contributed by atoms with Crippen LogP contribution in [0.25, 0.3) is 21.9 Å². The first-order chi connectivity index (χ1) is 32.2. The summed E-state index contributed by atoms with van der Waals surface area (Å²) in [5.74, 6) is 0.283. The van der Waals surface area contributed by atoms with Gasteiger partial charge in [0.25, 0.3) is 0 Å². The van der Waals surface area contributed by atoms with E-state index >= 15 is 0 Å². The van der Waals surface area contributed by atoms with E-state index in [0.29, 0.717) is 0 Å². The molecular weight excluding hydrogens is 820 g/mol. The van der Waals surface area contributed by atoms with E-state index in [-0.39, 0.29) is 50.8 Å². The number of para-hydroxylation sites is 1. The fourth-order valence-electron chi connectivity index (χ4n) is 18.3. The van der Waals surface area contributed by atoms with Crippen LogP contribution in [0.5, 0.6) is 0 Å². The number of allylic oxidation sites excluding steroid dienone is 4. The van der Waals surface area contributed by atoms with Gasteiger partial charge in [-0.3, -0.25) is 0 Å². The van der Waals surface area contributed by atoms with Crippen molar-refractivity contribution < 1.29 is 0 Å². The van der Waals surface area contributed by atoms with E-state index in [1.165, 1.54) is 95.8 Å². The monoisotopic (exact) mass is 893 g/mol. The van der Waals surface area contributed by atoms with Crippen molar-refractivity contribution in [2.45, 2.75) is 191 Å². The summed E-state index contributed by atoms with van der Waals surface area (Å²) in [7, 11) is 0. The van der Waals surface area contributed by atoms with Gasteiger partial charge in [-0.2, -0.15) is 0 Å². The van der Waals surface area contributed by atoms with E-state index in [0.717, 1.165) is 6.42 Å². The highest BCUT2D eigenvalue weighted by Gasteiger charge is 2.72. The number of anilines is 3. The molecule has 5 aromatic rings. The van der Waals surface area contributed by atoms with Gasteiger partial charge in [0.2, 0.25) is 0 Å². The van der Waals surface area contributed by atoms with Crippen molar-refractivity contribution in [2.24, 2.45) is 5.92 Å². The molecule has 3 heteroatoms. The van der Waals surface area contributed by atoms with E-state index < -0.39 is 5.54 Å². The Kier molecular flexibility index (Phi) is 7.80. The lowest BCUT2D eigenvalue weighted by Crippen LogP contribution is -2.75. The van der Waals surface area contributed by atoms with E-state index in [2.05, 4.69) is 191 Å². The fourth-order valence-corrected chi connectivity index (χ4v) is 18.3. The zero-order valence-corrected chi connectivity index (χ0v) is 43.6. The zero-order valence-electron chi connectivity index (χ0n) is 43.6. The van der Waals surface area contributed by atoms with Gasteiger partial charge in [0, 0.05) is 49.8 Å². The molecule has 0 spiro atoms. The molecule has 6 unspecified atom stereocenters. The number of aryl methyl sites for hydroxylation is 1. The standard InChI is InChI=1S/C65H73BN2/c1-14-15-22-39-33-42-51-41-24-17-16-23-40(41)35-50-53(51)66(68-54(42)48(34-39)62(10)28-20-21-29-63(62,68)11)57-56-60(7,8)46-36-44-45(59(5,6)32-31-58(44,3)4)37-47(46)64(56,12)52-38(2)27-30-61(9)43-25-18-19-26-49(43)67(50)65(57,13)55(52)61/h16-19,23-27,30,33-38H,14-15,20-22,28-29,31-32H2,1-13H3. The van der Waals surface area contributed by atoms with E-state index in [1.807, 2.05) is 0 Å². The summed E-state index contributed by atoms with van der Waals surface area (Å²) in [5.41, 5.74) is 25.5. The van der Waals surface area contributed by atoms with Crippen LogP contribution in [0.1, 0.15) is 180 Å². The molecule has 2 nitrogen and oxygen atoms in total. The average molecular weight is 893 g/mol. The van der Waals surface area contributed by atoms with Crippen molar-refractivity contribution in [1.29, 1.82) is 0 Å². The molecule has 0 N–H and O–H groups in total. The summed E-state index contributed by atoms with van der Waals surface area (Å²) < 4.78 is 0. The van der Waals surface area contributed by atoms with E-state index in [1.54, 1.807) is 61.2 Å². The molecule has 4 heterocycles. The van der Waals surface area contributed by atoms with Crippen LogP contribution in [0.4, 0.5) is 17.1 Å². The zero-order chi connectivity index (χ0) is 47.2. The first-order valence-corrected chi connectivity index (χ1v) is 27.0. The van der Waals surface area contributed by atoms with Gasteiger partial charge in [-0.05, 0) is 179 Å². The summed E-state index contributed by atoms with van der Waals surface area (Å²) in [5, 5.41) is 2.77. The maximum Gasteiger partial charge on any atom is 0.325 e. The van der Waals surface area contributed by atoms with Crippen molar-refractivity contribution in [1.82, 2.24) is 0 Å². The molecule has 68 heavy (non-hydrogen) atoms. The molecule has 0 radical (unpaired) electrons. The van der Waals surface area contributed by atoms with Crippen LogP contribution in [0, 0.1) is 5.92 Å². The highest BCUT2D eigenvalue weighted by Crippen LogP contribution is 2.74. The second kappa shape index (κ2) is 12.6. The topological polar surface area (TPSA) is 6.48 Å². The summed E-state index contributed by atoms with van der Waals surface area (Å²) >= 11 is 0. The highest BCUT2D eigenvalue weighted by molar-refractivity contribution is 6.88. The lowest BCUT2D eigenvalue weighted by atomic mass is 9.32. The first kappa shape index (κ1) is 42.2.